The summed E-state index contributed by atoms with van der Waals surface area (Å²) >= 11 is 5.85. The highest BCUT2D eigenvalue weighted by molar-refractivity contribution is 6.30. The highest BCUT2D eigenvalue weighted by Gasteiger charge is 2.13. The Kier molecular flexibility index (Phi) is 7.44. The molecule has 8 heteroatoms. The minimum atomic E-state index is -0.526. The smallest absolute Gasteiger partial charge is 0.248 e. The zero-order valence-corrected chi connectivity index (χ0v) is 18.2. The van der Waals surface area contributed by atoms with Crippen LogP contribution in [0.15, 0.2) is 54.7 Å². The van der Waals surface area contributed by atoms with E-state index in [1.807, 2.05) is 14.0 Å². The van der Waals surface area contributed by atoms with Gasteiger partial charge in [-0.15, -0.1) is 0 Å². The number of hydrogen-bond donors (Lipinski definition) is 1. The first kappa shape index (κ1) is 22.5. The Morgan fingerprint density at radius 3 is 2.77 bits per heavy atom. The number of nitrogens with zero attached hydrogens (tertiary/aromatic N) is 2. The van der Waals surface area contributed by atoms with Crippen molar-refractivity contribution in [1.82, 2.24) is 9.88 Å². The SMILES string of the molecule is CCN(C)C/C=C/C(=O)Nc1cc2c(Oc3ccc(F)c(Cl)c3)ccnc2cc1OC. The number of hydrogen-bond acceptors (Lipinski definition) is 5. The summed E-state index contributed by atoms with van der Waals surface area (Å²) < 4.78 is 24.8. The van der Waals surface area contributed by atoms with Crippen molar-refractivity contribution in [3.63, 3.8) is 0 Å². The lowest BCUT2D eigenvalue weighted by Gasteiger charge is -2.14. The monoisotopic (exact) mass is 443 g/mol. The minimum Gasteiger partial charge on any atom is -0.494 e. The molecule has 162 valence electrons. The molecular formula is C23H23ClFN3O3. The van der Waals surface area contributed by atoms with Crippen molar-refractivity contribution in [2.45, 2.75) is 6.92 Å². The Labute approximate surface area is 185 Å². The van der Waals surface area contributed by atoms with E-state index < -0.39 is 5.82 Å². The lowest BCUT2D eigenvalue weighted by atomic mass is 10.1. The van der Waals surface area contributed by atoms with Crippen LogP contribution in [0.1, 0.15) is 6.92 Å². The maximum atomic E-state index is 13.4. The lowest BCUT2D eigenvalue weighted by Crippen LogP contribution is -2.17. The van der Waals surface area contributed by atoms with Crippen LogP contribution in [0.3, 0.4) is 0 Å². The van der Waals surface area contributed by atoms with Gasteiger partial charge in [-0.3, -0.25) is 9.78 Å². The molecule has 0 spiro atoms. The van der Waals surface area contributed by atoms with Gasteiger partial charge < -0.3 is 19.7 Å². The highest BCUT2D eigenvalue weighted by atomic mass is 35.5. The van der Waals surface area contributed by atoms with Gasteiger partial charge in [0.25, 0.3) is 0 Å². The van der Waals surface area contributed by atoms with E-state index in [1.165, 1.54) is 31.4 Å². The van der Waals surface area contributed by atoms with Gasteiger partial charge in [0, 0.05) is 36.3 Å². The van der Waals surface area contributed by atoms with Crippen LogP contribution < -0.4 is 14.8 Å². The van der Waals surface area contributed by atoms with E-state index >= 15 is 0 Å². The van der Waals surface area contributed by atoms with Crippen LogP contribution in [0.2, 0.25) is 5.02 Å². The number of pyridine rings is 1. The average molecular weight is 444 g/mol. The lowest BCUT2D eigenvalue weighted by molar-refractivity contribution is -0.111. The normalized spacial score (nSPS) is 11.3. The van der Waals surface area contributed by atoms with Crippen LogP contribution >= 0.6 is 11.6 Å². The number of ether oxygens (including phenoxy) is 2. The number of amides is 1. The van der Waals surface area contributed by atoms with Gasteiger partial charge in [0.2, 0.25) is 5.91 Å². The summed E-state index contributed by atoms with van der Waals surface area (Å²) in [5, 5.41) is 3.44. The van der Waals surface area contributed by atoms with Gasteiger partial charge in [-0.1, -0.05) is 24.6 Å². The third-order valence-corrected chi connectivity index (χ3v) is 4.92. The van der Waals surface area contributed by atoms with Crippen molar-refractivity contribution >= 4 is 34.1 Å². The second-order valence-corrected chi connectivity index (χ2v) is 7.21. The summed E-state index contributed by atoms with van der Waals surface area (Å²) in [6.45, 7) is 3.60. The predicted octanol–water partition coefficient (Wildman–Crippen LogP) is 5.27. The summed E-state index contributed by atoms with van der Waals surface area (Å²) in [7, 11) is 3.49. The number of fused-ring (bicyclic) bond motifs is 1. The molecule has 0 bridgehead atoms. The standard InChI is InChI=1S/C23H23ClFN3O3/c1-4-28(2)11-5-6-23(29)27-20-13-16-19(14-22(20)30-3)26-10-9-21(16)31-15-7-8-18(25)17(24)12-15/h5-10,12-14H,4,11H2,1-3H3,(H,27,29)/b6-5+. The molecule has 0 saturated heterocycles. The molecule has 2 aromatic carbocycles. The van der Waals surface area contributed by atoms with Gasteiger partial charge in [-0.25, -0.2) is 4.39 Å². The fourth-order valence-corrected chi connectivity index (χ4v) is 2.98. The van der Waals surface area contributed by atoms with E-state index in [4.69, 9.17) is 21.1 Å². The third kappa shape index (κ3) is 5.71. The first-order chi connectivity index (χ1) is 14.9. The third-order valence-electron chi connectivity index (χ3n) is 4.63. The Balaban J connectivity index is 1.90. The molecule has 0 aliphatic carbocycles. The number of carbonyl (C=O) groups excluding carboxylic acids is 1. The zero-order valence-electron chi connectivity index (χ0n) is 17.5. The molecule has 31 heavy (non-hydrogen) atoms. The zero-order chi connectivity index (χ0) is 22.4. The molecule has 1 N–H and O–H groups in total. The summed E-state index contributed by atoms with van der Waals surface area (Å²) in [5.74, 6) is 0.518. The van der Waals surface area contributed by atoms with Gasteiger partial charge in [0.15, 0.2) is 0 Å². The van der Waals surface area contributed by atoms with Crippen LogP contribution in [-0.4, -0.2) is 43.0 Å². The summed E-state index contributed by atoms with van der Waals surface area (Å²) in [4.78, 5) is 18.8. The highest BCUT2D eigenvalue weighted by Crippen LogP contribution is 2.36. The topological polar surface area (TPSA) is 63.7 Å². The maximum absolute atomic E-state index is 13.4. The van der Waals surface area contributed by atoms with Crippen molar-refractivity contribution < 1.29 is 18.7 Å². The van der Waals surface area contributed by atoms with Crippen molar-refractivity contribution in [2.75, 3.05) is 32.6 Å². The maximum Gasteiger partial charge on any atom is 0.248 e. The van der Waals surface area contributed by atoms with Gasteiger partial charge in [0.05, 0.1) is 23.3 Å². The van der Waals surface area contributed by atoms with E-state index in [0.29, 0.717) is 40.4 Å². The van der Waals surface area contributed by atoms with Gasteiger partial charge in [-0.05, 0) is 37.9 Å². The van der Waals surface area contributed by atoms with E-state index in [-0.39, 0.29) is 10.9 Å². The Hall–Kier alpha value is -3.16. The molecule has 0 atom stereocenters. The fourth-order valence-electron chi connectivity index (χ4n) is 2.81. The van der Waals surface area contributed by atoms with Gasteiger partial charge >= 0.3 is 0 Å². The number of anilines is 1. The van der Waals surface area contributed by atoms with Crippen LogP contribution in [0.4, 0.5) is 10.1 Å². The van der Waals surface area contributed by atoms with E-state index in [2.05, 4.69) is 15.2 Å². The molecule has 3 aromatic rings. The second kappa shape index (κ2) is 10.2. The van der Waals surface area contributed by atoms with E-state index in [0.717, 1.165) is 6.54 Å². The average Bonchev–Trinajstić information content (AvgIpc) is 2.76. The molecule has 0 aliphatic heterocycles. The van der Waals surface area contributed by atoms with Crippen LogP contribution in [0, 0.1) is 5.82 Å². The van der Waals surface area contributed by atoms with Gasteiger partial charge in [-0.2, -0.15) is 0 Å². The quantitative estimate of drug-likeness (QED) is 0.480. The van der Waals surface area contributed by atoms with E-state index in [1.54, 1.807) is 30.5 Å². The number of aromatic nitrogens is 1. The predicted molar refractivity (Wildman–Crippen MR) is 121 cm³/mol. The molecule has 0 radical (unpaired) electrons. The molecule has 3 rings (SSSR count). The Morgan fingerprint density at radius 1 is 1.26 bits per heavy atom. The first-order valence-electron chi connectivity index (χ1n) is 9.67. The number of likely N-dealkylation sites (N-methyl/N-ethyl adjacent to an activating group) is 1. The van der Waals surface area contributed by atoms with Crippen LogP contribution in [-0.2, 0) is 4.79 Å². The van der Waals surface area contributed by atoms with Crippen molar-refractivity contribution in [2.24, 2.45) is 0 Å². The van der Waals surface area contributed by atoms with Crippen LogP contribution in [0.5, 0.6) is 17.2 Å². The molecule has 6 nitrogen and oxygen atoms in total. The number of nitrogens with one attached hydrogen (secondary N) is 1. The number of methoxy groups -OCH3 is 1. The molecule has 0 saturated carbocycles. The van der Waals surface area contributed by atoms with Crippen molar-refractivity contribution in [3.8, 4) is 17.2 Å². The molecule has 1 heterocycles. The minimum absolute atomic E-state index is 0.0361. The Bertz CT molecular complexity index is 1120. The number of rotatable bonds is 8. The first-order valence-corrected chi connectivity index (χ1v) is 10.0. The summed E-state index contributed by atoms with van der Waals surface area (Å²) in [5.41, 5.74) is 1.09. The summed E-state index contributed by atoms with van der Waals surface area (Å²) in [6.07, 6.45) is 4.87. The van der Waals surface area contributed by atoms with Crippen LogP contribution in [0.25, 0.3) is 10.9 Å². The largest absolute Gasteiger partial charge is 0.494 e. The molecule has 0 unspecified atom stereocenters. The van der Waals surface area contributed by atoms with Gasteiger partial charge in [0.1, 0.15) is 23.1 Å². The Morgan fingerprint density at radius 2 is 2.06 bits per heavy atom. The number of carbonyl (C=O) groups is 1. The molecule has 1 amide bonds. The fraction of sp³-hybridized carbons (Fsp3) is 0.217. The molecule has 0 fully saturated rings. The molecule has 1 aromatic heterocycles. The second-order valence-electron chi connectivity index (χ2n) is 6.80. The van der Waals surface area contributed by atoms with Crippen molar-refractivity contribution in [3.05, 3.63) is 65.6 Å². The summed E-state index contributed by atoms with van der Waals surface area (Å²) in [6, 6.07) is 9.23. The molecular weight excluding hydrogens is 421 g/mol. The van der Waals surface area contributed by atoms with Crippen molar-refractivity contribution in [1.29, 1.82) is 0 Å². The molecule has 0 aliphatic rings. The number of benzene rings is 2. The number of halogens is 2. The van der Waals surface area contributed by atoms with E-state index in [9.17, 15) is 9.18 Å².